The number of urea groups is 1. The zero-order chi connectivity index (χ0) is 22.9. The van der Waals surface area contributed by atoms with E-state index in [9.17, 15) is 22.8 Å². The van der Waals surface area contributed by atoms with Gasteiger partial charge in [0.25, 0.3) is 0 Å². The molecule has 32 heavy (non-hydrogen) atoms. The third-order valence-electron chi connectivity index (χ3n) is 4.61. The third-order valence-corrected chi connectivity index (χ3v) is 4.94. The molecule has 2 aromatic heterocycles. The van der Waals surface area contributed by atoms with Crippen LogP contribution in [0.15, 0.2) is 67.0 Å². The van der Waals surface area contributed by atoms with Gasteiger partial charge in [-0.3, -0.25) is 4.79 Å². The molecule has 4 rings (SSSR count). The summed E-state index contributed by atoms with van der Waals surface area (Å²) in [6.45, 7) is 0. The van der Waals surface area contributed by atoms with Crippen LogP contribution >= 0.6 is 11.6 Å². The molecule has 0 bridgehead atoms. The molecule has 0 saturated carbocycles. The van der Waals surface area contributed by atoms with E-state index in [0.29, 0.717) is 22.2 Å². The van der Waals surface area contributed by atoms with E-state index in [1.165, 1.54) is 12.1 Å². The number of aromatic nitrogens is 2. The first kappa shape index (κ1) is 21.4. The molecule has 0 fully saturated rings. The number of H-pyrrole nitrogens is 1. The topological polar surface area (TPSA) is 86.9 Å². The van der Waals surface area contributed by atoms with E-state index in [-0.39, 0.29) is 17.2 Å². The second kappa shape index (κ2) is 8.35. The maximum absolute atomic E-state index is 13.0. The molecule has 0 aliphatic heterocycles. The van der Waals surface area contributed by atoms with Crippen molar-refractivity contribution in [1.29, 1.82) is 0 Å². The zero-order valence-electron chi connectivity index (χ0n) is 16.1. The highest BCUT2D eigenvalue weighted by molar-refractivity contribution is 6.31. The number of hydrogen-bond acceptors (Lipinski definition) is 3. The first-order valence-electron chi connectivity index (χ1n) is 9.24. The summed E-state index contributed by atoms with van der Waals surface area (Å²) in [7, 11) is 0. The maximum Gasteiger partial charge on any atom is 0.417 e. The highest BCUT2D eigenvalue weighted by Crippen LogP contribution is 2.36. The average Bonchev–Trinajstić information content (AvgIpc) is 3.18. The molecular weight excluding hydrogens is 445 g/mol. The second-order valence-electron chi connectivity index (χ2n) is 6.78. The van der Waals surface area contributed by atoms with Crippen molar-refractivity contribution in [2.24, 2.45) is 0 Å². The van der Waals surface area contributed by atoms with Gasteiger partial charge in [0.05, 0.1) is 10.6 Å². The molecule has 0 atom stereocenters. The van der Waals surface area contributed by atoms with Crippen LogP contribution in [0.3, 0.4) is 0 Å². The molecule has 0 spiro atoms. The normalized spacial score (nSPS) is 11.4. The molecule has 0 aliphatic rings. The van der Waals surface area contributed by atoms with E-state index in [1.807, 2.05) is 0 Å². The molecule has 3 N–H and O–H groups in total. The predicted molar refractivity (Wildman–Crippen MR) is 115 cm³/mol. The van der Waals surface area contributed by atoms with Crippen LogP contribution in [0.2, 0.25) is 5.02 Å². The molecule has 0 radical (unpaired) electrons. The second-order valence-corrected chi connectivity index (χ2v) is 7.19. The van der Waals surface area contributed by atoms with Gasteiger partial charge in [0, 0.05) is 40.3 Å². The Morgan fingerprint density at radius 1 is 0.969 bits per heavy atom. The lowest BCUT2D eigenvalue weighted by molar-refractivity contribution is -0.137. The quantitative estimate of drug-likeness (QED) is 0.322. The van der Waals surface area contributed by atoms with Crippen molar-refractivity contribution in [3.05, 3.63) is 88.7 Å². The van der Waals surface area contributed by atoms with Crippen molar-refractivity contribution in [2.45, 2.75) is 6.18 Å². The van der Waals surface area contributed by atoms with Crippen molar-refractivity contribution >= 4 is 45.8 Å². The molecule has 162 valence electrons. The fourth-order valence-corrected chi connectivity index (χ4v) is 3.38. The Labute approximate surface area is 184 Å². The summed E-state index contributed by atoms with van der Waals surface area (Å²) in [5.41, 5.74) is 0.464. The Morgan fingerprint density at radius 3 is 2.47 bits per heavy atom. The van der Waals surface area contributed by atoms with E-state index in [4.69, 9.17) is 11.6 Å². The van der Waals surface area contributed by atoms with Crippen molar-refractivity contribution in [2.75, 3.05) is 10.6 Å². The molecule has 6 nitrogen and oxygen atoms in total. The van der Waals surface area contributed by atoms with Crippen molar-refractivity contribution < 1.29 is 22.8 Å². The summed E-state index contributed by atoms with van der Waals surface area (Å²) in [5, 5.41) is 5.02. The van der Waals surface area contributed by atoms with Gasteiger partial charge in [-0.15, -0.1) is 0 Å². The lowest BCUT2D eigenvalue weighted by Crippen LogP contribution is -2.20. The van der Waals surface area contributed by atoms with E-state index < -0.39 is 22.8 Å². The van der Waals surface area contributed by atoms with Gasteiger partial charge >= 0.3 is 12.2 Å². The number of rotatable bonds is 4. The number of nitrogens with zero attached hydrogens (tertiary/aromatic N) is 1. The Kier molecular flexibility index (Phi) is 5.58. The Bertz CT molecular complexity index is 1330. The van der Waals surface area contributed by atoms with Crippen molar-refractivity contribution in [1.82, 2.24) is 9.97 Å². The number of nitrogens with one attached hydrogen (secondary N) is 3. The van der Waals surface area contributed by atoms with Gasteiger partial charge in [0.2, 0.25) is 0 Å². The lowest BCUT2D eigenvalue weighted by atomic mass is 10.0. The SMILES string of the molecule is O=C(Nc1cccc(C(=O)c2c[nH]c3ncccc23)c1)Nc1ccc(Cl)c(C(F)(F)F)c1. The summed E-state index contributed by atoms with van der Waals surface area (Å²) in [6, 6.07) is 12.0. The number of carbonyl (C=O) groups is 2. The van der Waals surface area contributed by atoms with Crippen LogP contribution in [0.25, 0.3) is 11.0 Å². The minimum absolute atomic E-state index is 0.0854. The van der Waals surface area contributed by atoms with Crippen LogP contribution in [-0.4, -0.2) is 21.8 Å². The molecular formula is C22H14ClF3N4O2. The van der Waals surface area contributed by atoms with Crippen molar-refractivity contribution in [3.63, 3.8) is 0 Å². The fourth-order valence-electron chi connectivity index (χ4n) is 3.15. The fraction of sp³-hybridized carbons (Fsp3) is 0.0455. The number of halogens is 4. The summed E-state index contributed by atoms with van der Waals surface area (Å²) < 4.78 is 39.0. The maximum atomic E-state index is 13.0. The number of fused-ring (bicyclic) bond motifs is 1. The summed E-state index contributed by atoms with van der Waals surface area (Å²) in [4.78, 5) is 32.3. The zero-order valence-corrected chi connectivity index (χ0v) is 16.9. The Morgan fingerprint density at radius 2 is 1.72 bits per heavy atom. The van der Waals surface area contributed by atoms with Crippen LogP contribution in [0.1, 0.15) is 21.5 Å². The van der Waals surface area contributed by atoms with Gasteiger partial charge < -0.3 is 15.6 Å². The number of amides is 2. The molecule has 2 aromatic carbocycles. The lowest BCUT2D eigenvalue weighted by Gasteiger charge is -2.12. The molecule has 0 unspecified atom stereocenters. The van der Waals surface area contributed by atoms with Crippen LogP contribution in [0.4, 0.5) is 29.3 Å². The summed E-state index contributed by atoms with van der Waals surface area (Å²) in [6.07, 6.45) is -1.49. The number of aromatic amines is 1. The highest BCUT2D eigenvalue weighted by Gasteiger charge is 2.33. The highest BCUT2D eigenvalue weighted by atomic mass is 35.5. The Hall–Kier alpha value is -3.85. The molecule has 2 amide bonds. The summed E-state index contributed by atoms with van der Waals surface area (Å²) in [5.74, 6) is -0.277. The smallest absolute Gasteiger partial charge is 0.345 e. The third kappa shape index (κ3) is 4.42. The van der Waals surface area contributed by atoms with Gasteiger partial charge in [0.15, 0.2) is 5.78 Å². The minimum atomic E-state index is -4.65. The molecule has 10 heteroatoms. The predicted octanol–water partition coefficient (Wildman–Crippen LogP) is 6.11. The number of carbonyl (C=O) groups excluding carboxylic acids is 2. The van der Waals surface area contributed by atoms with Gasteiger partial charge in [-0.25, -0.2) is 9.78 Å². The van der Waals surface area contributed by atoms with Gasteiger partial charge in [-0.1, -0.05) is 23.7 Å². The van der Waals surface area contributed by atoms with E-state index in [0.717, 1.165) is 12.1 Å². The van der Waals surface area contributed by atoms with Crippen LogP contribution in [-0.2, 0) is 6.18 Å². The van der Waals surface area contributed by atoms with E-state index in [2.05, 4.69) is 20.6 Å². The number of alkyl halides is 3. The molecule has 0 aliphatic carbocycles. The number of anilines is 2. The Balaban J connectivity index is 1.51. The summed E-state index contributed by atoms with van der Waals surface area (Å²) >= 11 is 5.59. The number of pyridine rings is 1. The molecule has 4 aromatic rings. The first-order valence-corrected chi connectivity index (χ1v) is 9.62. The monoisotopic (exact) mass is 458 g/mol. The van der Waals surface area contributed by atoms with Crippen molar-refractivity contribution in [3.8, 4) is 0 Å². The number of ketones is 1. The van der Waals surface area contributed by atoms with E-state index in [1.54, 1.807) is 42.7 Å². The van der Waals surface area contributed by atoms with Crippen LogP contribution < -0.4 is 10.6 Å². The average molecular weight is 459 g/mol. The largest absolute Gasteiger partial charge is 0.417 e. The molecule has 0 saturated heterocycles. The van der Waals surface area contributed by atoms with Gasteiger partial charge in [0.1, 0.15) is 5.65 Å². The van der Waals surface area contributed by atoms with Crippen LogP contribution in [0.5, 0.6) is 0 Å². The first-order chi connectivity index (χ1) is 15.2. The van der Waals surface area contributed by atoms with E-state index >= 15 is 0 Å². The standard InChI is InChI=1S/C22H14ClF3N4O2/c23-18-7-6-14(10-17(18)22(24,25)26)30-21(32)29-13-4-1-3-12(9-13)19(31)16-11-28-20-15(16)5-2-8-27-20/h1-11H,(H,27,28)(H2,29,30,32). The van der Waals surface area contributed by atoms with Crippen LogP contribution in [0, 0.1) is 0 Å². The van der Waals surface area contributed by atoms with Gasteiger partial charge in [-0.05, 0) is 42.5 Å². The van der Waals surface area contributed by atoms with Gasteiger partial charge in [-0.2, -0.15) is 13.2 Å². The number of hydrogen-bond donors (Lipinski definition) is 3. The molecule has 2 heterocycles. The minimum Gasteiger partial charge on any atom is -0.345 e. The number of benzene rings is 2.